The third-order valence-corrected chi connectivity index (χ3v) is 4.16. The smallest absolute Gasteiger partial charge is 0.135 e. The van der Waals surface area contributed by atoms with Crippen LogP contribution in [-0.2, 0) is 18.4 Å². The van der Waals surface area contributed by atoms with E-state index < -0.39 is 0 Å². The highest BCUT2D eigenvalue weighted by Crippen LogP contribution is 2.21. The van der Waals surface area contributed by atoms with Crippen LogP contribution in [0.3, 0.4) is 0 Å². The van der Waals surface area contributed by atoms with E-state index >= 15 is 0 Å². The maximum Gasteiger partial charge on any atom is 0.135 e. The van der Waals surface area contributed by atoms with Crippen LogP contribution in [0.1, 0.15) is 18.7 Å². The Balaban J connectivity index is 1.75. The Morgan fingerprint density at radius 3 is 3.00 bits per heavy atom. The molecule has 3 rings (SSSR count). The normalized spacial score (nSPS) is 17.2. The molecule has 1 aliphatic rings. The Kier molecular flexibility index (Phi) is 3.86. The number of aromatic nitrogens is 2. The first-order valence-electron chi connectivity index (χ1n) is 6.67. The Morgan fingerprint density at radius 1 is 1.42 bits per heavy atom. The molecule has 0 saturated carbocycles. The van der Waals surface area contributed by atoms with Gasteiger partial charge in [0.2, 0.25) is 0 Å². The zero-order chi connectivity index (χ0) is 13.2. The van der Waals surface area contributed by atoms with Crippen molar-refractivity contribution in [2.75, 3.05) is 13.1 Å². The van der Waals surface area contributed by atoms with E-state index in [1.165, 1.54) is 0 Å². The fourth-order valence-electron chi connectivity index (χ4n) is 2.51. The van der Waals surface area contributed by atoms with Gasteiger partial charge < -0.3 is 14.6 Å². The van der Waals surface area contributed by atoms with Crippen LogP contribution in [0.25, 0.3) is 11.0 Å². The Hall–Kier alpha value is -0.910. The van der Waals surface area contributed by atoms with Gasteiger partial charge in [-0.1, -0.05) is 15.9 Å². The van der Waals surface area contributed by atoms with Gasteiger partial charge in [-0.25, -0.2) is 4.98 Å². The van der Waals surface area contributed by atoms with Gasteiger partial charge in [0.25, 0.3) is 0 Å². The predicted molar refractivity (Wildman–Crippen MR) is 79.1 cm³/mol. The fourth-order valence-corrected chi connectivity index (χ4v) is 2.86. The second-order valence-corrected chi connectivity index (χ2v) is 5.90. The van der Waals surface area contributed by atoms with Crippen molar-refractivity contribution in [2.24, 2.45) is 7.05 Å². The van der Waals surface area contributed by atoms with Crippen molar-refractivity contribution in [3.63, 3.8) is 0 Å². The first kappa shape index (κ1) is 13.1. The second kappa shape index (κ2) is 5.61. The number of hydrogen-bond donors (Lipinski definition) is 1. The monoisotopic (exact) mass is 323 g/mol. The van der Waals surface area contributed by atoms with E-state index in [1.807, 2.05) is 19.2 Å². The molecular formula is C14H18BrN3O. The number of aryl methyl sites for hydroxylation is 1. The quantitative estimate of drug-likeness (QED) is 0.943. The molecule has 1 aromatic heterocycles. The Bertz CT molecular complexity index is 575. The summed E-state index contributed by atoms with van der Waals surface area (Å²) >= 11 is 3.48. The number of hydrogen-bond acceptors (Lipinski definition) is 3. The van der Waals surface area contributed by atoms with Crippen LogP contribution < -0.4 is 5.32 Å². The van der Waals surface area contributed by atoms with Gasteiger partial charge in [0.05, 0.1) is 17.1 Å². The number of nitrogens with one attached hydrogen (secondary N) is 1. The van der Waals surface area contributed by atoms with Crippen LogP contribution in [0.15, 0.2) is 22.7 Å². The van der Waals surface area contributed by atoms with Gasteiger partial charge in [-0.05, 0) is 44.1 Å². The molecular weight excluding hydrogens is 306 g/mol. The minimum atomic E-state index is 0.368. The molecule has 1 fully saturated rings. The molecule has 2 aromatic rings. The second-order valence-electron chi connectivity index (χ2n) is 4.98. The first-order chi connectivity index (χ1) is 9.24. The molecule has 1 aliphatic heterocycles. The largest absolute Gasteiger partial charge is 0.370 e. The van der Waals surface area contributed by atoms with Crippen molar-refractivity contribution in [3.05, 3.63) is 28.5 Å². The molecule has 0 atom stereocenters. The molecule has 1 aromatic carbocycles. The first-order valence-corrected chi connectivity index (χ1v) is 7.46. The highest BCUT2D eigenvalue weighted by molar-refractivity contribution is 9.10. The zero-order valence-corrected chi connectivity index (χ0v) is 12.6. The van der Waals surface area contributed by atoms with E-state index in [0.717, 1.165) is 47.3 Å². The lowest BCUT2D eigenvalue weighted by Crippen LogP contribution is -2.32. The third-order valence-electron chi connectivity index (χ3n) is 3.67. The van der Waals surface area contributed by atoms with Crippen LogP contribution in [0, 0.1) is 0 Å². The summed E-state index contributed by atoms with van der Waals surface area (Å²) in [6.45, 7) is 2.70. The zero-order valence-electron chi connectivity index (χ0n) is 11.0. The summed E-state index contributed by atoms with van der Waals surface area (Å²) in [7, 11) is 2.05. The van der Waals surface area contributed by atoms with E-state index in [-0.39, 0.29) is 0 Å². The summed E-state index contributed by atoms with van der Waals surface area (Å²) in [5.74, 6) is 0.992. The molecule has 2 heterocycles. The summed E-state index contributed by atoms with van der Waals surface area (Å²) in [6, 6.07) is 6.17. The van der Waals surface area contributed by atoms with Crippen LogP contribution in [0.2, 0.25) is 0 Å². The number of rotatable bonds is 3. The molecule has 0 bridgehead atoms. The standard InChI is InChI=1S/C14H18BrN3O/c1-18-13-3-2-10(15)8-12(13)17-14(18)9-19-11-4-6-16-7-5-11/h2-3,8,11,16H,4-7,9H2,1H3. The lowest BCUT2D eigenvalue weighted by Gasteiger charge is -2.22. The van der Waals surface area contributed by atoms with E-state index in [1.54, 1.807) is 0 Å². The minimum Gasteiger partial charge on any atom is -0.370 e. The molecule has 0 aliphatic carbocycles. The highest BCUT2D eigenvalue weighted by Gasteiger charge is 2.15. The number of fused-ring (bicyclic) bond motifs is 1. The van der Waals surface area contributed by atoms with Crippen molar-refractivity contribution in [3.8, 4) is 0 Å². The van der Waals surface area contributed by atoms with E-state index in [9.17, 15) is 0 Å². The number of nitrogens with zero attached hydrogens (tertiary/aromatic N) is 2. The average Bonchev–Trinajstić information content (AvgIpc) is 2.74. The topological polar surface area (TPSA) is 39.1 Å². The van der Waals surface area contributed by atoms with Crippen molar-refractivity contribution in [1.82, 2.24) is 14.9 Å². The van der Waals surface area contributed by atoms with Crippen LogP contribution in [0.4, 0.5) is 0 Å². The molecule has 1 saturated heterocycles. The van der Waals surface area contributed by atoms with Gasteiger partial charge in [0.1, 0.15) is 12.4 Å². The van der Waals surface area contributed by atoms with Crippen molar-refractivity contribution in [1.29, 1.82) is 0 Å². The Morgan fingerprint density at radius 2 is 2.21 bits per heavy atom. The number of imidazole rings is 1. The van der Waals surface area contributed by atoms with Crippen molar-refractivity contribution in [2.45, 2.75) is 25.6 Å². The summed E-state index contributed by atoms with van der Waals surface area (Å²) in [5, 5.41) is 3.35. The maximum atomic E-state index is 5.97. The van der Waals surface area contributed by atoms with Gasteiger partial charge in [-0.2, -0.15) is 0 Å². The molecule has 19 heavy (non-hydrogen) atoms. The van der Waals surface area contributed by atoms with E-state index in [4.69, 9.17) is 4.74 Å². The average molecular weight is 324 g/mol. The maximum absolute atomic E-state index is 5.97. The SMILES string of the molecule is Cn1c(COC2CCNCC2)nc2cc(Br)ccc21. The van der Waals surface area contributed by atoms with Crippen LogP contribution in [-0.4, -0.2) is 28.7 Å². The summed E-state index contributed by atoms with van der Waals surface area (Å²) in [5.41, 5.74) is 2.16. The van der Waals surface area contributed by atoms with Gasteiger partial charge >= 0.3 is 0 Å². The summed E-state index contributed by atoms with van der Waals surface area (Å²) in [6.07, 6.45) is 2.55. The van der Waals surface area contributed by atoms with Crippen LogP contribution in [0.5, 0.6) is 0 Å². The number of benzene rings is 1. The van der Waals surface area contributed by atoms with E-state index in [0.29, 0.717) is 12.7 Å². The third kappa shape index (κ3) is 2.83. The van der Waals surface area contributed by atoms with Crippen LogP contribution >= 0.6 is 15.9 Å². The number of piperidine rings is 1. The van der Waals surface area contributed by atoms with Gasteiger partial charge in [-0.3, -0.25) is 0 Å². The molecule has 1 N–H and O–H groups in total. The molecule has 5 heteroatoms. The van der Waals surface area contributed by atoms with E-state index in [2.05, 4.69) is 36.9 Å². The molecule has 4 nitrogen and oxygen atoms in total. The van der Waals surface area contributed by atoms with Crippen molar-refractivity contribution < 1.29 is 4.74 Å². The molecule has 0 spiro atoms. The molecule has 0 unspecified atom stereocenters. The van der Waals surface area contributed by atoms with Gasteiger partial charge in [0.15, 0.2) is 0 Å². The summed E-state index contributed by atoms with van der Waals surface area (Å²) < 4.78 is 9.15. The summed E-state index contributed by atoms with van der Waals surface area (Å²) in [4.78, 5) is 4.65. The number of ether oxygens (including phenoxy) is 1. The van der Waals surface area contributed by atoms with Gasteiger partial charge in [-0.15, -0.1) is 0 Å². The molecule has 0 amide bonds. The fraction of sp³-hybridized carbons (Fsp3) is 0.500. The lowest BCUT2D eigenvalue weighted by molar-refractivity contribution is 0.0170. The van der Waals surface area contributed by atoms with Crippen molar-refractivity contribution >= 4 is 27.0 Å². The lowest BCUT2D eigenvalue weighted by atomic mass is 10.1. The Labute approximate surface area is 121 Å². The molecule has 102 valence electrons. The predicted octanol–water partition coefficient (Wildman–Crippen LogP) is 2.60. The minimum absolute atomic E-state index is 0.368. The van der Waals surface area contributed by atoms with Gasteiger partial charge in [0, 0.05) is 11.5 Å². The molecule has 0 radical (unpaired) electrons. The number of halogens is 1. The highest BCUT2D eigenvalue weighted by atomic mass is 79.9.